The molecule has 0 aliphatic rings. The molecule has 296 valence electrons. The van der Waals surface area contributed by atoms with Crippen molar-refractivity contribution in [2.24, 2.45) is 15.0 Å². The summed E-state index contributed by atoms with van der Waals surface area (Å²) in [5.74, 6) is 0.644. The van der Waals surface area contributed by atoms with Gasteiger partial charge in [0.2, 0.25) is 0 Å². The Hall–Kier alpha value is -6.27. The summed E-state index contributed by atoms with van der Waals surface area (Å²) in [5.41, 5.74) is 9.64. The first-order chi connectivity index (χ1) is 27.4. The largest absolute Gasteiger partial charge is 0.507 e. The molecule has 0 radical (unpaired) electrons. The summed E-state index contributed by atoms with van der Waals surface area (Å²) in [6, 6.07) is 41.9. The van der Waals surface area contributed by atoms with Gasteiger partial charge in [0, 0.05) is 41.3 Å². The highest BCUT2D eigenvalue weighted by molar-refractivity contribution is 5.87. The first-order valence-electron chi connectivity index (χ1n) is 19.8. The maximum absolute atomic E-state index is 11.0. The number of benzene rings is 6. The molecule has 0 unspecified atom stereocenters. The molecule has 3 N–H and O–H groups in total. The zero-order chi connectivity index (χ0) is 41.8. The number of rotatable bonds is 9. The van der Waals surface area contributed by atoms with Crippen molar-refractivity contribution in [3.63, 3.8) is 0 Å². The lowest BCUT2D eigenvalue weighted by atomic mass is 9.85. The van der Waals surface area contributed by atoms with Crippen LogP contribution in [0.5, 0.6) is 17.2 Å². The Kier molecular flexibility index (Phi) is 11.9. The van der Waals surface area contributed by atoms with Crippen LogP contribution in [0.4, 0.5) is 17.1 Å². The fourth-order valence-corrected chi connectivity index (χ4v) is 7.08. The molecule has 6 rings (SSSR count). The first kappa shape index (κ1) is 41.4. The lowest BCUT2D eigenvalue weighted by molar-refractivity contribution is 0.445. The molecule has 0 spiro atoms. The number of aliphatic imine (C=N–C) groups is 3. The lowest BCUT2D eigenvalue weighted by Gasteiger charge is -2.21. The predicted octanol–water partition coefficient (Wildman–Crippen LogP) is 13.1. The Morgan fingerprint density at radius 2 is 0.603 bits per heavy atom. The molecular weight excluding hydrogens is 715 g/mol. The fraction of sp³-hybridized carbons (Fsp3) is 0.250. The van der Waals surface area contributed by atoms with E-state index in [1.54, 1.807) is 18.6 Å². The third-order valence-corrected chi connectivity index (χ3v) is 10.4. The summed E-state index contributed by atoms with van der Waals surface area (Å²) in [5, 5.41) is 32.9. The standard InChI is InChI=1S/C52H55N3O3/c1-50(2,3)43-16-10-13-37(47(43)56)31-53-40-25-19-34(20-26-40)46(35-21-27-41(28-22-35)54-32-38-14-11-17-44(48(38)57)51(4,5)6)36-23-29-42(30-24-36)55-33-39-15-12-18-45(49(39)58)52(7,8)9/h10-33,46,56-58H,1-9H3/b53-31+,54-32+,55-33+. The van der Waals surface area contributed by atoms with E-state index in [9.17, 15) is 15.3 Å². The Balaban J connectivity index is 1.31. The zero-order valence-electron chi connectivity index (χ0n) is 35.1. The molecule has 0 aliphatic carbocycles. The van der Waals surface area contributed by atoms with Gasteiger partial charge in [-0.2, -0.15) is 0 Å². The second-order valence-corrected chi connectivity index (χ2v) is 18.0. The second-order valence-electron chi connectivity index (χ2n) is 18.0. The summed E-state index contributed by atoms with van der Waals surface area (Å²) in [6.07, 6.45) is 5.15. The Labute approximate surface area is 344 Å². The number of para-hydroxylation sites is 3. The van der Waals surface area contributed by atoms with Crippen LogP contribution in [-0.4, -0.2) is 34.0 Å². The highest BCUT2D eigenvalue weighted by Gasteiger charge is 2.22. The zero-order valence-corrected chi connectivity index (χ0v) is 35.1. The van der Waals surface area contributed by atoms with E-state index in [2.05, 4.69) is 98.7 Å². The van der Waals surface area contributed by atoms with Gasteiger partial charge in [0.15, 0.2) is 0 Å². The Bertz CT molecular complexity index is 2180. The van der Waals surface area contributed by atoms with E-state index >= 15 is 0 Å². The average molecular weight is 770 g/mol. The van der Waals surface area contributed by atoms with E-state index in [1.165, 1.54) is 0 Å². The van der Waals surface area contributed by atoms with Gasteiger partial charge in [-0.25, -0.2) is 0 Å². The quantitative estimate of drug-likeness (QED) is 0.101. The molecule has 0 heterocycles. The highest BCUT2D eigenvalue weighted by atomic mass is 16.3. The minimum absolute atomic E-state index is 0.110. The molecular formula is C52H55N3O3. The van der Waals surface area contributed by atoms with E-state index in [0.29, 0.717) is 16.7 Å². The van der Waals surface area contributed by atoms with Crippen LogP contribution >= 0.6 is 0 Å². The maximum Gasteiger partial charge on any atom is 0.128 e. The minimum atomic E-state index is -0.193. The van der Waals surface area contributed by atoms with Crippen molar-refractivity contribution in [1.82, 2.24) is 0 Å². The van der Waals surface area contributed by atoms with Gasteiger partial charge in [0.05, 0.1) is 17.1 Å². The van der Waals surface area contributed by atoms with Crippen LogP contribution in [0.2, 0.25) is 0 Å². The minimum Gasteiger partial charge on any atom is -0.507 e. The van der Waals surface area contributed by atoms with Crippen molar-refractivity contribution in [1.29, 1.82) is 0 Å². The molecule has 58 heavy (non-hydrogen) atoms. The third kappa shape index (κ3) is 9.63. The average Bonchev–Trinajstić information content (AvgIpc) is 3.17. The smallest absolute Gasteiger partial charge is 0.128 e. The number of hydrogen-bond donors (Lipinski definition) is 3. The maximum atomic E-state index is 11.0. The molecule has 6 aromatic rings. The van der Waals surface area contributed by atoms with E-state index in [-0.39, 0.29) is 39.4 Å². The van der Waals surface area contributed by atoms with Crippen molar-refractivity contribution < 1.29 is 15.3 Å². The van der Waals surface area contributed by atoms with E-state index in [0.717, 1.165) is 50.4 Å². The van der Waals surface area contributed by atoms with Gasteiger partial charge in [-0.1, -0.05) is 135 Å². The molecule has 0 bridgehead atoms. The monoisotopic (exact) mass is 769 g/mol. The second kappa shape index (κ2) is 16.7. The highest BCUT2D eigenvalue weighted by Crippen LogP contribution is 2.37. The molecule has 0 saturated carbocycles. The molecule has 0 aromatic heterocycles. The van der Waals surface area contributed by atoms with Crippen LogP contribution in [0, 0.1) is 0 Å². The van der Waals surface area contributed by atoms with Crippen molar-refractivity contribution in [3.05, 3.63) is 177 Å². The van der Waals surface area contributed by atoms with Gasteiger partial charge in [-0.15, -0.1) is 0 Å². The van der Waals surface area contributed by atoms with Gasteiger partial charge in [-0.3, -0.25) is 15.0 Å². The first-order valence-corrected chi connectivity index (χ1v) is 19.8. The van der Waals surface area contributed by atoms with Crippen molar-refractivity contribution in [3.8, 4) is 17.2 Å². The summed E-state index contributed by atoms with van der Waals surface area (Å²) in [4.78, 5) is 14.2. The van der Waals surface area contributed by atoms with Gasteiger partial charge in [0.25, 0.3) is 0 Å². The fourth-order valence-electron chi connectivity index (χ4n) is 7.08. The van der Waals surface area contributed by atoms with Crippen LogP contribution in [0.15, 0.2) is 142 Å². The molecule has 0 amide bonds. The van der Waals surface area contributed by atoms with Crippen LogP contribution in [0.25, 0.3) is 0 Å². The summed E-state index contributed by atoms with van der Waals surface area (Å²) < 4.78 is 0. The topological polar surface area (TPSA) is 97.8 Å². The summed E-state index contributed by atoms with van der Waals surface area (Å²) >= 11 is 0. The van der Waals surface area contributed by atoms with Crippen LogP contribution < -0.4 is 0 Å². The van der Waals surface area contributed by atoms with Gasteiger partial charge in [-0.05, 0) is 104 Å². The lowest BCUT2D eigenvalue weighted by Crippen LogP contribution is -2.11. The normalized spacial score (nSPS) is 12.7. The van der Waals surface area contributed by atoms with Crippen molar-refractivity contribution in [2.75, 3.05) is 0 Å². The third-order valence-electron chi connectivity index (χ3n) is 10.4. The summed E-state index contributed by atoms with van der Waals surface area (Å²) in [7, 11) is 0. The molecule has 0 atom stereocenters. The van der Waals surface area contributed by atoms with Gasteiger partial charge < -0.3 is 15.3 Å². The molecule has 6 nitrogen and oxygen atoms in total. The van der Waals surface area contributed by atoms with Crippen LogP contribution in [0.3, 0.4) is 0 Å². The number of hydrogen-bond acceptors (Lipinski definition) is 6. The molecule has 6 aromatic carbocycles. The number of aromatic hydroxyl groups is 3. The van der Waals surface area contributed by atoms with E-state index in [4.69, 9.17) is 15.0 Å². The molecule has 6 heteroatoms. The Morgan fingerprint density at radius 3 is 0.828 bits per heavy atom. The number of phenolic OH excluding ortho intramolecular Hbond substituents is 3. The number of nitrogens with zero attached hydrogens (tertiary/aromatic N) is 3. The Morgan fingerprint density at radius 1 is 0.362 bits per heavy atom. The molecule has 0 saturated heterocycles. The number of phenols is 3. The predicted molar refractivity (Wildman–Crippen MR) is 242 cm³/mol. The summed E-state index contributed by atoms with van der Waals surface area (Å²) in [6.45, 7) is 18.7. The van der Waals surface area contributed by atoms with Gasteiger partial charge in [0.1, 0.15) is 17.2 Å². The molecule has 0 fully saturated rings. The van der Waals surface area contributed by atoms with Crippen molar-refractivity contribution >= 4 is 35.7 Å². The van der Waals surface area contributed by atoms with E-state index < -0.39 is 0 Å². The SMILES string of the molecule is CC(C)(C)c1cccc(/C=N/c2ccc(C(c3ccc(/N=C/c4cccc(C(C)(C)C)c4O)cc3)c3ccc(/N=C/c4cccc(C(C)(C)C)c4O)cc3)cc2)c1O. The van der Waals surface area contributed by atoms with Crippen molar-refractivity contribution in [2.45, 2.75) is 84.5 Å². The van der Waals surface area contributed by atoms with Gasteiger partial charge >= 0.3 is 0 Å². The van der Waals surface area contributed by atoms with Crippen LogP contribution in [0.1, 0.15) is 118 Å². The van der Waals surface area contributed by atoms with E-state index in [1.807, 2.05) is 91.0 Å². The molecule has 0 aliphatic heterocycles. The van der Waals surface area contributed by atoms with Crippen LogP contribution in [-0.2, 0) is 16.2 Å².